The smallest absolute Gasteiger partial charge is 0.209 e. The van der Waals surface area contributed by atoms with Crippen LogP contribution in [0.5, 0.6) is 0 Å². The number of aryl methyl sites for hydroxylation is 1. The fourth-order valence-electron chi connectivity index (χ4n) is 1.91. The van der Waals surface area contributed by atoms with Crippen LogP contribution in [-0.2, 0) is 0 Å². The second kappa shape index (κ2) is 3.83. The Morgan fingerprint density at radius 2 is 2.31 bits per heavy atom. The van der Waals surface area contributed by atoms with Crippen LogP contribution < -0.4 is 5.43 Å². The first-order valence-corrected chi connectivity index (χ1v) is 6.18. The number of aromatic nitrogens is 3. The molecule has 0 bridgehead atoms. The van der Waals surface area contributed by atoms with Gasteiger partial charge in [-0.15, -0.1) is 10.2 Å². The minimum atomic E-state index is 0.328. The molecule has 1 aliphatic heterocycles. The molecule has 0 saturated carbocycles. The highest BCUT2D eigenvalue weighted by atomic mass is 32.2. The Morgan fingerprint density at radius 1 is 1.44 bits per heavy atom. The van der Waals surface area contributed by atoms with E-state index in [1.165, 1.54) is 11.1 Å². The Kier molecular flexibility index (Phi) is 2.32. The molecule has 82 valence electrons. The fourth-order valence-corrected chi connectivity index (χ4v) is 2.83. The van der Waals surface area contributed by atoms with E-state index in [0.29, 0.717) is 6.04 Å². The Labute approximate surface area is 98.0 Å². The second-order valence-corrected chi connectivity index (χ2v) is 4.82. The van der Waals surface area contributed by atoms with Crippen LogP contribution in [0.4, 0.5) is 0 Å². The standard InChI is InChI=1S/C11H12N4S/c1-8-4-2-3-5-9(8)10-6-16-11-13-12-7-15(11)14-10/h2-5,7,10,14H,6H2,1H3. The van der Waals surface area contributed by atoms with Gasteiger partial charge in [0.1, 0.15) is 6.33 Å². The molecule has 16 heavy (non-hydrogen) atoms. The van der Waals surface area contributed by atoms with Crippen molar-refractivity contribution in [2.75, 3.05) is 11.2 Å². The van der Waals surface area contributed by atoms with Crippen LogP contribution in [0.3, 0.4) is 0 Å². The molecular weight excluding hydrogens is 220 g/mol. The Balaban J connectivity index is 1.92. The Morgan fingerprint density at radius 3 is 3.19 bits per heavy atom. The Bertz CT molecular complexity index is 508. The molecule has 2 aromatic rings. The average molecular weight is 232 g/mol. The lowest BCUT2D eigenvalue weighted by Gasteiger charge is -2.26. The maximum Gasteiger partial charge on any atom is 0.209 e. The first-order chi connectivity index (χ1) is 7.84. The predicted octanol–water partition coefficient (Wildman–Crippen LogP) is 1.98. The van der Waals surface area contributed by atoms with Crippen LogP contribution in [0.2, 0.25) is 0 Å². The van der Waals surface area contributed by atoms with E-state index >= 15 is 0 Å². The van der Waals surface area contributed by atoms with Gasteiger partial charge in [-0.1, -0.05) is 36.0 Å². The molecule has 2 heterocycles. The molecule has 1 aromatic heterocycles. The minimum absolute atomic E-state index is 0.328. The number of hydrogen-bond acceptors (Lipinski definition) is 4. The number of benzene rings is 1. The molecule has 0 aliphatic carbocycles. The highest BCUT2D eigenvalue weighted by Crippen LogP contribution is 2.29. The van der Waals surface area contributed by atoms with Crippen LogP contribution in [0, 0.1) is 6.92 Å². The molecule has 5 heteroatoms. The monoisotopic (exact) mass is 232 g/mol. The summed E-state index contributed by atoms with van der Waals surface area (Å²) >= 11 is 1.73. The van der Waals surface area contributed by atoms with Crippen LogP contribution in [0.1, 0.15) is 17.2 Å². The van der Waals surface area contributed by atoms with Gasteiger partial charge in [-0.2, -0.15) is 0 Å². The molecule has 0 spiro atoms. The van der Waals surface area contributed by atoms with Gasteiger partial charge in [0.15, 0.2) is 0 Å². The summed E-state index contributed by atoms with van der Waals surface area (Å²) in [6.07, 6.45) is 1.72. The molecule has 1 N–H and O–H groups in total. The molecule has 1 aliphatic rings. The molecular formula is C11H12N4S. The molecule has 1 aromatic carbocycles. The van der Waals surface area contributed by atoms with E-state index in [2.05, 4.69) is 46.8 Å². The summed E-state index contributed by atoms with van der Waals surface area (Å²) in [5, 5.41) is 8.84. The molecule has 1 atom stereocenters. The Hall–Kier alpha value is -1.49. The first kappa shape index (κ1) is 9.72. The van der Waals surface area contributed by atoms with Crippen molar-refractivity contribution in [1.82, 2.24) is 14.9 Å². The van der Waals surface area contributed by atoms with Crippen LogP contribution in [0.25, 0.3) is 0 Å². The van der Waals surface area contributed by atoms with Crippen molar-refractivity contribution in [3.8, 4) is 0 Å². The summed E-state index contributed by atoms with van der Waals surface area (Å²) in [6, 6.07) is 8.79. The summed E-state index contributed by atoms with van der Waals surface area (Å²) in [5.41, 5.74) is 6.06. The van der Waals surface area contributed by atoms with Crippen molar-refractivity contribution < 1.29 is 0 Å². The van der Waals surface area contributed by atoms with E-state index in [0.717, 1.165) is 10.9 Å². The van der Waals surface area contributed by atoms with Gasteiger partial charge in [0.05, 0.1) is 6.04 Å². The number of nitrogens with one attached hydrogen (secondary N) is 1. The van der Waals surface area contributed by atoms with E-state index in [4.69, 9.17) is 0 Å². The highest BCUT2D eigenvalue weighted by Gasteiger charge is 2.21. The number of fused-ring (bicyclic) bond motifs is 1. The molecule has 4 nitrogen and oxygen atoms in total. The van der Waals surface area contributed by atoms with Gasteiger partial charge in [0, 0.05) is 5.75 Å². The first-order valence-electron chi connectivity index (χ1n) is 5.19. The second-order valence-electron chi connectivity index (χ2n) is 3.83. The van der Waals surface area contributed by atoms with E-state index in [-0.39, 0.29) is 0 Å². The van der Waals surface area contributed by atoms with E-state index < -0.39 is 0 Å². The number of thioether (sulfide) groups is 1. The third-order valence-electron chi connectivity index (χ3n) is 2.75. The molecule has 0 saturated heterocycles. The maximum absolute atomic E-state index is 4.02. The van der Waals surface area contributed by atoms with Crippen molar-refractivity contribution in [1.29, 1.82) is 0 Å². The summed E-state index contributed by atoms with van der Waals surface area (Å²) in [6.45, 7) is 2.14. The summed E-state index contributed by atoms with van der Waals surface area (Å²) in [4.78, 5) is 0. The zero-order chi connectivity index (χ0) is 11.0. The normalized spacial score (nSPS) is 18.9. The predicted molar refractivity (Wildman–Crippen MR) is 64.0 cm³/mol. The van der Waals surface area contributed by atoms with Crippen molar-refractivity contribution >= 4 is 11.8 Å². The molecule has 0 fully saturated rings. The third kappa shape index (κ3) is 1.57. The lowest BCUT2D eigenvalue weighted by Crippen LogP contribution is -2.27. The van der Waals surface area contributed by atoms with Gasteiger partial charge in [-0.05, 0) is 18.1 Å². The van der Waals surface area contributed by atoms with Crippen molar-refractivity contribution in [2.45, 2.75) is 18.1 Å². The largest absolute Gasteiger partial charge is 0.314 e. The van der Waals surface area contributed by atoms with Crippen LogP contribution >= 0.6 is 11.8 Å². The lowest BCUT2D eigenvalue weighted by atomic mass is 10.0. The summed E-state index contributed by atoms with van der Waals surface area (Å²) in [5.74, 6) is 0.990. The number of nitrogens with zero attached hydrogens (tertiary/aromatic N) is 3. The molecule has 1 unspecified atom stereocenters. The highest BCUT2D eigenvalue weighted by molar-refractivity contribution is 7.99. The van der Waals surface area contributed by atoms with Gasteiger partial charge < -0.3 is 5.43 Å². The van der Waals surface area contributed by atoms with Crippen molar-refractivity contribution in [3.05, 3.63) is 41.7 Å². The van der Waals surface area contributed by atoms with Crippen LogP contribution in [0.15, 0.2) is 35.7 Å². The third-order valence-corrected chi connectivity index (χ3v) is 3.79. The van der Waals surface area contributed by atoms with Gasteiger partial charge in [0.25, 0.3) is 0 Å². The van der Waals surface area contributed by atoms with Crippen molar-refractivity contribution in [3.63, 3.8) is 0 Å². The molecule has 0 radical (unpaired) electrons. The fraction of sp³-hybridized carbons (Fsp3) is 0.273. The summed E-state index contributed by atoms with van der Waals surface area (Å²) in [7, 11) is 0. The van der Waals surface area contributed by atoms with Gasteiger partial charge in [-0.3, -0.25) is 0 Å². The van der Waals surface area contributed by atoms with Gasteiger partial charge in [-0.25, -0.2) is 4.68 Å². The summed E-state index contributed by atoms with van der Waals surface area (Å²) < 4.78 is 1.89. The lowest BCUT2D eigenvalue weighted by molar-refractivity contribution is 0.656. The van der Waals surface area contributed by atoms with E-state index in [9.17, 15) is 0 Å². The molecule has 0 amide bonds. The zero-order valence-corrected chi connectivity index (χ0v) is 9.74. The van der Waals surface area contributed by atoms with Crippen LogP contribution in [-0.4, -0.2) is 20.6 Å². The topological polar surface area (TPSA) is 42.7 Å². The van der Waals surface area contributed by atoms with Crippen molar-refractivity contribution in [2.24, 2.45) is 0 Å². The molecule has 3 rings (SSSR count). The van der Waals surface area contributed by atoms with E-state index in [1.807, 2.05) is 4.68 Å². The maximum atomic E-state index is 4.02. The van der Waals surface area contributed by atoms with Gasteiger partial charge in [0.2, 0.25) is 5.16 Å². The van der Waals surface area contributed by atoms with E-state index in [1.54, 1.807) is 18.1 Å². The van der Waals surface area contributed by atoms with Gasteiger partial charge >= 0.3 is 0 Å². The SMILES string of the molecule is Cc1ccccc1C1CSc2nncn2N1. The quantitative estimate of drug-likeness (QED) is 0.816. The average Bonchev–Trinajstić information content (AvgIpc) is 2.76. The number of hydrogen-bond donors (Lipinski definition) is 1. The number of rotatable bonds is 1. The zero-order valence-electron chi connectivity index (χ0n) is 8.92. The minimum Gasteiger partial charge on any atom is -0.314 e.